The molecule has 0 aliphatic heterocycles. The number of nitrogens with two attached hydrogens (primary N) is 1. The lowest BCUT2D eigenvalue weighted by Gasteiger charge is -2.19. The third-order valence-electron chi connectivity index (χ3n) is 1.79. The van der Waals surface area contributed by atoms with Crippen molar-refractivity contribution in [2.75, 3.05) is 6.54 Å². The minimum atomic E-state index is 0.476. The maximum absolute atomic E-state index is 5.50. The Morgan fingerprint density at radius 2 is 1.80 bits per heavy atom. The van der Waals surface area contributed by atoms with Gasteiger partial charge in [0.2, 0.25) is 0 Å². The summed E-state index contributed by atoms with van der Waals surface area (Å²) in [7, 11) is 0. The van der Waals surface area contributed by atoms with Gasteiger partial charge >= 0.3 is 0 Å². The Morgan fingerprint density at radius 3 is 2.10 bits per heavy atom. The molecule has 1 nitrogen and oxygen atoms in total. The summed E-state index contributed by atoms with van der Waals surface area (Å²) >= 11 is 0. The Hall–Kier alpha value is -0.0400. The van der Waals surface area contributed by atoms with E-state index >= 15 is 0 Å². The summed E-state index contributed by atoms with van der Waals surface area (Å²) in [6, 6.07) is 0. The molecule has 1 heteroatoms. The van der Waals surface area contributed by atoms with Crippen LogP contribution in [0.2, 0.25) is 0 Å². The van der Waals surface area contributed by atoms with E-state index in [0.29, 0.717) is 11.3 Å². The molecule has 62 valence electrons. The highest BCUT2D eigenvalue weighted by Crippen LogP contribution is 2.22. The summed E-state index contributed by atoms with van der Waals surface area (Å²) in [6.45, 7) is 9.87. The van der Waals surface area contributed by atoms with Gasteiger partial charge in [-0.25, -0.2) is 0 Å². The van der Waals surface area contributed by atoms with Gasteiger partial charge in [0.25, 0.3) is 0 Å². The van der Waals surface area contributed by atoms with Crippen LogP contribution in [0.5, 0.6) is 0 Å². The van der Waals surface area contributed by atoms with Crippen LogP contribution in [-0.2, 0) is 0 Å². The molecule has 0 amide bonds. The second kappa shape index (κ2) is 3.97. The third kappa shape index (κ3) is 6.09. The molecule has 0 aromatic rings. The Labute approximate surface area is 65.0 Å². The molecule has 0 spiro atoms. The zero-order chi connectivity index (χ0) is 8.20. The maximum Gasteiger partial charge on any atom is -0.00515 e. The number of rotatable bonds is 3. The molecular formula is C9H21N. The molecule has 1 unspecified atom stereocenters. The minimum Gasteiger partial charge on any atom is -0.330 e. The fraction of sp³-hybridized carbons (Fsp3) is 1.00. The highest BCUT2D eigenvalue weighted by molar-refractivity contribution is 4.64. The molecule has 0 aromatic heterocycles. The van der Waals surface area contributed by atoms with E-state index in [1.54, 1.807) is 0 Å². The van der Waals surface area contributed by atoms with E-state index in [1.807, 2.05) is 0 Å². The smallest absolute Gasteiger partial charge is 0.00515 e. The van der Waals surface area contributed by atoms with Crippen molar-refractivity contribution < 1.29 is 0 Å². The summed E-state index contributed by atoms with van der Waals surface area (Å²) in [5.74, 6) is 0.694. The highest BCUT2D eigenvalue weighted by atomic mass is 14.5. The van der Waals surface area contributed by atoms with Crippen LogP contribution in [0, 0.1) is 11.3 Å². The van der Waals surface area contributed by atoms with Gasteiger partial charge in [0.15, 0.2) is 0 Å². The van der Waals surface area contributed by atoms with Crippen molar-refractivity contribution in [2.45, 2.75) is 40.5 Å². The summed E-state index contributed by atoms with van der Waals surface area (Å²) in [5.41, 5.74) is 5.98. The summed E-state index contributed by atoms with van der Waals surface area (Å²) in [5, 5.41) is 0. The standard InChI is InChI=1S/C9H21N/c1-8(7-10)5-6-9(2,3)4/h8H,5-7,10H2,1-4H3. The molecule has 0 heterocycles. The van der Waals surface area contributed by atoms with Crippen LogP contribution in [0.3, 0.4) is 0 Å². The largest absolute Gasteiger partial charge is 0.330 e. The van der Waals surface area contributed by atoms with Crippen molar-refractivity contribution in [3.05, 3.63) is 0 Å². The van der Waals surface area contributed by atoms with Crippen LogP contribution in [0.1, 0.15) is 40.5 Å². The van der Waals surface area contributed by atoms with E-state index in [9.17, 15) is 0 Å². The van der Waals surface area contributed by atoms with Crippen LogP contribution in [0.25, 0.3) is 0 Å². The van der Waals surface area contributed by atoms with Crippen LogP contribution in [0.15, 0.2) is 0 Å². The van der Waals surface area contributed by atoms with Gasteiger partial charge in [0, 0.05) is 0 Å². The van der Waals surface area contributed by atoms with Gasteiger partial charge < -0.3 is 5.73 Å². The molecule has 0 radical (unpaired) electrons. The molecule has 0 aromatic carbocycles. The average molecular weight is 143 g/mol. The van der Waals surface area contributed by atoms with Crippen LogP contribution in [-0.4, -0.2) is 6.54 Å². The Balaban J connectivity index is 3.36. The SMILES string of the molecule is CC(CN)CCC(C)(C)C. The predicted molar refractivity (Wildman–Crippen MR) is 46.9 cm³/mol. The van der Waals surface area contributed by atoms with Gasteiger partial charge in [-0.15, -0.1) is 0 Å². The fourth-order valence-electron chi connectivity index (χ4n) is 0.797. The van der Waals surface area contributed by atoms with Crippen molar-refractivity contribution in [3.63, 3.8) is 0 Å². The quantitative estimate of drug-likeness (QED) is 0.645. The van der Waals surface area contributed by atoms with Gasteiger partial charge in [0.05, 0.1) is 0 Å². The van der Waals surface area contributed by atoms with Crippen molar-refractivity contribution in [2.24, 2.45) is 17.1 Å². The minimum absolute atomic E-state index is 0.476. The predicted octanol–water partition coefficient (Wildman–Crippen LogP) is 2.41. The molecular weight excluding hydrogens is 122 g/mol. The molecule has 0 fully saturated rings. The molecule has 2 N–H and O–H groups in total. The number of hydrogen-bond donors (Lipinski definition) is 1. The van der Waals surface area contributed by atoms with Crippen LogP contribution < -0.4 is 5.73 Å². The molecule has 0 saturated carbocycles. The van der Waals surface area contributed by atoms with Crippen molar-refractivity contribution in [1.29, 1.82) is 0 Å². The first-order valence-electron chi connectivity index (χ1n) is 4.16. The van der Waals surface area contributed by atoms with E-state index in [0.717, 1.165) is 6.54 Å². The second-order valence-corrected chi connectivity index (χ2v) is 4.44. The van der Waals surface area contributed by atoms with Gasteiger partial charge in [0.1, 0.15) is 0 Å². The lowest BCUT2D eigenvalue weighted by molar-refractivity contribution is 0.333. The summed E-state index contributed by atoms with van der Waals surface area (Å²) < 4.78 is 0. The zero-order valence-corrected chi connectivity index (χ0v) is 7.78. The molecule has 0 aliphatic rings. The van der Waals surface area contributed by atoms with E-state index in [2.05, 4.69) is 27.7 Å². The van der Waals surface area contributed by atoms with Gasteiger partial charge in [-0.3, -0.25) is 0 Å². The molecule has 0 aliphatic carbocycles. The van der Waals surface area contributed by atoms with Gasteiger partial charge in [-0.1, -0.05) is 27.7 Å². The normalized spacial score (nSPS) is 15.3. The number of hydrogen-bond acceptors (Lipinski definition) is 1. The lowest BCUT2D eigenvalue weighted by Crippen LogP contribution is -2.14. The van der Waals surface area contributed by atoms with E-state index in [1.165, 1.54) is 12.8 Å². The first-order valence-corrected chi connectivity index (χ1v) is 4.16. The van der Waals surface area contributed by atoms with Crippen LogP contribution >= 0.6 is 0 Å². The first-order chi connectivity index (χ1) is 4.45. The van der Waals surface area contributed by atoms with E-state index in [4.69, 9.17) is 5.73 Å². The monoisotopic (exact) mass is 143 g/mol. The van der Waals surface area contributed by atoms with Gasteiger partial charge in [-0.05, 0) is 30.7 Å². The van der Waals surface area contributed by atoms with E-state index in [-0.39, 0.29) is 0 Å². The summed E-state index contributed by atoms with van der Waals surface area (Å²) in [4.78, 5) is 0. The maximum atomic E-state index is 5.50. The Kier molecular flexibility index (Phi) is 3.95. The third-order valence-corrected chi connectivity index (χ3v) is 1.79. The highest BCUT2D eigenvalue weighted by Gasteiger charge is 2.11. The molecule has 0 rings (SSSR count). The fourth-order valence-corrected chi connectivity index (χ4v) is 0.797. The van der Waals surface area contributed by atoms with E-state index < -0.39 is 0 Å². The first kappa shape index (κ1) is 9.96. The van der Waals surface area contributed by atoms with Crippen molar-refractivity contribution >= 4 is 0 Å². The van der Waals surface area contributed by atoms with Crippen molar-refractivity contribution in [3.8, 4) is 0 Å². The molecule has 10 heavy (non-hydrogen) atoms. The molecule has 0 saturated heterocycles. The molecule has 1 atom stereocenters. The Morgan fingerprint density at radius 1 is 1.30 bits per heavy atom. The van der Waals surface area contributed by atoms with Gasteiger partial charge in [-0.2, -0.15) is 0 Å². The topological polar surface area (TPSA) is 26.0 Å². The average Bonchev–Trinajstić information content (AvgIpc) is 1.81. The lowest BCUT2D eigenvalue weighted by atomic mass is 9.87. The van der Waals surface area contributed by atoms with Crippen LogP contribution in [0.4, 0.5) is 0 Å². The second-order valence-electron chi connectivity index (χ2n) is 4.44. The summed E-state index contributed by atoms with van der Waals surface area (Å²) in [6.07, 6.45) is 2.55. The Bertz CT molecular complexity index is 81.2. The molecule has 0 bridgehead atoms. The van der Waals surface area contributed by atoms with Crippen molar-refractivity contribution in [1.82, 2.24) is 0 Å². The zero-order valence-electron chi connectivity index (χ0n) is 7.78.